The molecule has 2 aliphatic rings. The second kappa shape index (κ2) is 12.9. The molecular formula is C24H32N8O8. The maximum atomic E-state index is 11.7. The first-order valence-corrected chi connectivity index (χ1v) is 12.5. The molecule has 2 saturated heterocycles. The molecule has 2 aromatic rings. The standard InChI is InChI=1S/C14H20N4O4.C10H12N4O4/c1-14(2,3)22-12(20)5-6-17-9-10(8-15-17)18-7-4-11(19)16-13(18)21;15-8-1-4-14(10(18)12-8)7-5-11-13(6-7)3-2-9(16)17/h8-9H,4-7H2,1-3H3,(H,16,19,21);5-6H,1-4H2,(H,16,17)(H,12,15,18). The summed E-state index contributed by atoms with van der Waals surface area (Å²) in [5.41, 5.74) is 0.629. The number of hydrogen-bond acceptors (Lipinski definition) is 9. The molecule has 16 heteroatoms. The van der Waals surface area contributed by atoms with Crippen molar-refractivity contribution in [1.82, 2.24) is 30.2 Å². The molecule has 40 heavy (non-hydrogen) atoms. The molecule has 4 heterocycles. The largest absolute Gasteiger partial charge is 0.481 e. The summed E-state index contributed by atoms with van der Waals surface area (Å²) in [6.07, 6.45) is 6.91. The van der Waals surface area contributed by atoms with Crippen molar-refractivity contribution in [2.24, 2.45) is 0 Å². The number of urea groups is 2. The average Bonchev–Trinajstić information content (AvgIpc) is 3.51. The number of carboxylic acid groups (broad SMARTS) is 1. The number of rotatable bonds is 8. The van der Waals surface area contributed by atoms with Crippen LogP contribution in [0.5, 0.6) is 0 Å². The SMILES string of the molecule is CC(C)(C)OC(=O)CCn1cc(N2CCC(=O)NC2=O)cn1.O=C(O)CCn1cc(N2CCC(=O)NC2=O)cn1. The molecule has 3 N–H and O–H groups in total. The zero-order chi connectivity index (χ0) is 29.4. The van der Waals surface area contributed by atoms with E-state index < -0.39 is 23.6 Å². The van der Waals surface area contributed by atoms with Gasteiger partial charge in [-0.3, -0.25) is 49.0 Å². The van der Waals surface area contributed by atoms with Gasteiger partial charge in [-0.15, -0.1) is 0 Å². The minimum atomic E-state index is -0.909. The van der Waals surface area contributed by atoms with E-state index in [1.54, 1.807) is 17.1 Å². The van der Waals surface area contributed by atoms with Gasteiger partial charge in [-0.1, -0.05) is 0 Å². The van der Waals surface area contributed by atoms with Crippen LogP contribution in [-0.2, 0) is 37.0 Å². The molecule has 2 fully saturated rings. The van der Waals surface area contributed by atoms with Crippen LogP contribution < -0.4 is 20.4 Å². The van der Waals surface area contributed by atoms with Crippen molar-refractivity contribution in [2.45, 2.75) is 65.1 Å². The number of aromatic nitrogens is 4. The number of amides is 6. The van der Waals surface area contributed by atoms with Gasteiger partial charge in [0.2, 0.25) is 11.8 Å². The number of imide groups is 2. The quantitative estimate of drug-likeness (QED) is 0.389. The van der Waals surface area contributed by atoms with Crippen LogP contribution in [0.2, 0.25) is 0 Å². The Kier molecular flexibility index (Phi) is 9.58. The number of hydrogen-bond donors (Lipinski definition) is 3. The molecule has 2 aromatic heterocycles. The van der Waals surface area contributed by atoms with Gasteiger partial charge in [0.25, 0.3) is 0 Å². The Morgan fingerprint density at radius 2 is 1.30 bits per heavy atom. The topological polar surface area (TPSA) is 198 Å². The normalized spacial score (nSPS) is 15.7. The van der Waals surface area contributed by atoms with Gasteiger partial charge in [0, 0.05) is 38.3 Å². The van der Waals surface area contributed by atoms with E-state index in [1.807, 2.05) is 20.8 Å². The van der Waals surface area contributed by atoms with E-state index in [0.717, 1.165) is 0 Å². The third-order valence-corrected chi connectivity index (χ3v) is 5.49. The molecule has 0 aliphatic carbocycles. The Labute approximate surface area is 229 Å². The molecule has 16 nitrogen and oxygen atoms in total. The molecule has 6 amide bonds. The molecule has 0 unspecified atom stereocenters. The number of carboxylic acids is 1. The van der Waals surface area contributed by atoms with Gasteiger partial charge in [0.05, 0.1) is 49.7 Å². The van der Waals surface area contributed by atoms with Crippen LogP contribution in [0.15, 0.2) is 24.8 Å². The van der Waals surface area contributed by atoms with Gasteiger partial charge >= 0.3 is 24.0 Å². The van der Waals surface area contributed by atoms with E-state index >= 15 is 0 Å². The Morgan fingerprint density at radius 3 is 1.70 bits per heavy atom. The minimum Gasteiger partial charge on any atom is -0.481 e. The van der Waals surface area contributed by atoms with E-state index in [0.29, 0.717) is 31.0 Å². The lowest BCUT2D eigenvalue weighted by atomic mass is 10.2. The van der Waals surface area contributed by atoms with Crippen LogP contribution in [0.1, 0.15) is 46.5 Å². The van der Waals surface area contributed by atoms with E-state index in [-0.39, 0.29) is 50.0 Å². The summed E-state index contributed by atoms with van der Waals surface area (Å²) < 4.78 is 8.24. The Hall–Kier alpha value is -4.76. The predicted octanol–water partition coefficient (Wildman–Crippen LogP) is 0.865. The van der Waals surface area contributed by atoms with E-state index in [4.69, 9.17) is 9.84 Å². The van der Waals surface area contributed by atoms with Crippen LogP contribution in [0.3, 0.4) is 0 Å². The second-order valence-electron chi connectivity index (χ2n) is 9.91. The fraction of sp³-hybridized carbons (Fsp3) is 0.500. The van der Waals surface area contributed by atoms with Crippen LogP contribution in [0, 0.1) is 0 Å². The van der Waals surface area contributed by atoms with Crippen LogP contribution >= 0.6 is 0 Å². The highest BCUT2D eigenvalue weighted by Crippen LogP contribution is 2.17. The molecule has 4 rings (SSSR count). The summed E-state index contributed by atoms with van der Waals surface area (Å²) in [5, 5.41) is 21.1. The fourth-order valence-electron chi connectivity index (χ4n) is 3.66. The summed E-state index contributed by atoms with van der Waals surface area (Å²) >= 11 is 0. The van der Waals surface area contributed by atoms with Gasteiger partial charge in [-0.25, -0.2) is 9.59 Å². The maximum Gasteiger partial charge on any atom is 0.328 e. The number of ether oxygens (including phenoxy) is 1. The van der Waals surface area contributed by atoms with E-state index in [2.05, 4.69) is 20.8 Å². The maximum absolute atomic E-state index is 11.7. The lowest BCUT2D eigenvalue weighted by Crippen LogP contribution is -2.49. The van der Waals surface area contributed by atoms with E-state index in [1.165, 1.54) is 26.9 Å². The smallest absolute Gasteiger partial charge is 0.328 e. The van der Waals surface area contributed by atoms with Crippen LogP contribution in [0.25, 0.3) is 0 Å². The lowest BCUT2D eigenvalue weighted by molar-refractivity contribution is -0.155. The number of aryl methyl sites for hydroxylation is 2. The lowest BCUT2D eigenvalue weighted by Gasteiger charge is -2.24. The highest BCUT2D eigenvalue weighted by atomic mass is 16.6. The molecule has 0 aromatic carbocycles. The van der Waals surface area contributed by atoms with Gasteiger partial charge in [0.1, 0.15) is 5.60 Å². The number of carbonyl (C=O) groups is 6. The van der Waals surface area contributed by atoms with Gasteiger partial charge < -0.3 is 9.84 Å². The summed E-state index contributed by atoms with van der Waals surface area (Å²) in [7, 11) is 0. The molecule has 2 aliphatic heterocycles. The highest BCUT2D eigenvalue weighted by molar-refractivity contribution is 6.06. The number of anilines is 2. The monoisotopic (exact) mass is 560 g/mol. The number of esters is 1. The highest BCUT2D eigenvalue weighted by Gasteiger charge is 2.26. The Morgan fingerprint density at radius 1 is 0.850 bits per heavy atom. The van der Waals surface area contributed by atoms with Crippen molar-refractivity contribution < 1.29 is 38.6 Å². The number of nitrogens with zero attached hydrogens (tertiary/aromatic N) is 6. The number of nitrogens with one attached hydrogen (secondary N) is 2. The van der Waals surface area contributed by atoms with Crippen LogP contribution in [0.4, 0.5) is 21.0 Å². The van der Waals surface area contributed by atoms with Gasteiger partial charge in [-0.2, -0.15) is 10.2 Å². The predicted molar refractivity (Wildman–Crippen MR) is 138 cm³/mol. The molecule has 0 saturated carbocycles. The summed E-state index contributed by atoms with van der Waals surface area (Å²) in [4.78, 5) is 70.3. The first-order valence-electron chi connectivity index (χ1n) is 12.5. The molecule has 0 radical (unpaired) electrons. The molecule has 0 bridgehead atoms. The van der Waals surface area contributed by atoms with Gasteiger partial charge in [0.15, 0.2) is 0 Å². The third-order valence-electron chi connectivity index (χ3n) is 5.49. The van der Waals surface area contributed by atoms with Crippen molar-refractivity contribution >= 4 is 47.2 Å². The Bertz CT molecular complexity index is 1280. The molecule has 0 spiro atoms. The summed E-state index contributed by atoms with van der Waals surface area (Å²) in [6, 6.07) is -0.938. The van der Waals surface area contributed by atoms with Crippen molar-refractivity contribution in [3.8, 4) is 0 Å². The number of aliphatic carboxylic acids is 1. The van der Waals surface area contributed by atoms with Crippen molar-refractivity contribution in [3.63, 3.8) is 0 Å². The van der Waals surface area contributed by atoms with Crippen molar-refractivity contribution in [3.05, 3.63) is 24.8 Å². The number of carbonyl (C=O) groups excluding carboxylic acids is 5. The third kappa shape index (κ3) is 8.92. The molecular weight excluding hydrogens is 528 g/mol. The average molecular weight is 561 g/mol. The van der Waals surface area contributed by atoms with Gasteiger partial charge in [-0.05, 0) is 20.8 Å². The zero-order valence-electron chi connectivity index (χ0n) is 22.5. The molecule has 0 atom stereocenters. The summed E-state index contributed by atoms with van der Waals surface area (Å²) in [5.74, 6) is -1.78. The second-order valence-corrected chi connectivity index (χ2v) is 9.91. The first-order chi connectivity index (χ1) is 18.8. The molecule has 216 valence electrons. The minimum absolute atomic E-state index is 0.0359. The summed E-state index contributed by atoms with van der Waals surface area (Å²) in [6.45, 7) is 6.66. The first kappa shape index (κ1) is 29.8. The Balaban J connectivity index is 0.000000225. The van der Waals surface area contributed by atoms with E-state index in [9.17, 15) is 28.8 Å². The van der Waals surface area contributed by atoms with Crippen molar-refractivity contribution in [1.29, 1.82) is 0 Å². The zero-order valence-corrected chi connectivity index (χ0v) is 22.5. The fourth-order valence-corrected chi connectivity index (χ4v) is 3.66. The van der Waals surface area contributed by atoms with Crippen LogP contribution in [-0.4, -0.2) is 79.2 Å². The van der Waals surface area contributed by atoms with Crippen molar-refractivity contribution in [2.75, 3.05) is 22.9 Å².